The molecule has 2 heteroatoms. The molecule has 2 rings (SSSR count). The summed E-state index contributed by atoms with van der Waals surface area (Å²) in [7, 11) is 0. The molecule has 0 amide bonds. The van der Waals surface area contributed by atoms with Crippen molar-refractivity contribution in [1.82, 2.24) is 10.2 Å². The van der Waals surface area contributed by atoms with Gasteiger partial charge in [-0.05, 0) is 64.0 Å². The lowest BCUT2D eigenvalue weighted by atomic mass is 9.70. The third kappa shape index (κ3) is 3.72. The van der Waals surface area contributed by atoms with Gasteiger partial charge in [-0.2, -0.15) is 0 Å². The highest BCUT2D eigenvalue weighted by molar-refractivity contribution is 4.95. The molecule has 1 saturated carbocycles. The summed E-state index contributed by atoms with van der Waals surface area (Å²) in [4.78, 5) is 2.78. The molecular formula is C17H34N2. The van der Waals surface area contributed by atoms with E-state index in [1.807, 2.05) is 0 Å². The zero-order valence-corrected chi connectivity index (χ0v) is 13.6. The van der Waals surface area contributed by atoms with E-state index in [1.54, 1.807) is 0 Å². The minimum atomic E-state index is 0.433. The first-order chi connectivity index (χ1) is 8.97. The van der Waals surface area contributed by atoms with E-state index in [-0.39, 0.29) is 0 Å². The molecule has 0 spiro atoms. The number of rotatable bonds is 5. The Hall–Kier alpha value is -0.0800. The van der Waals surface area contributed by atoms with Crippen LogP contribution in [0.25, 0.3) is 0 Å². The summed E-state index contributed by atoms with van der Waals surface area (Å²) in [6.07, 6.45) is 8.47. The quantitative estimate of drug-likeness (QED) is 0.817. The van der Waals surface area contributed by atoms with Crippen molar-refractivity contribution in [2.24, 2.45) is 11.3 Å². The molecule has 0 bridgehead atoms. The van der Waals surface area contributed by atoms with Gasteiger partial charge in [0.1, 0.15) is 0 Å². The minimum Gasteiger partial charge on any atom is -0.316 e. The van der Waals surface area contributed by atoms with E-state index in [1.165, 1.54) is 58.2 Å². The number of nitrogens with one attached hydrogen (secondary N) is 1. The zero-order valence-electron chi connectivity index (χ0n) is 13.6. The van der Waals surface area contributed by atoms with Crippen molar-refractivity contribution in [3.8, 4) is 0 Å². The standard InChI is InChI=1S/C17H34N2/c1-5-18-13-17(10-7-15(2)8-11-17)14-19-12-6-9-16(19,3)4/h15,18H,5-14H2,1-4H3. The van der Waals surface area contributed by atoms with Crippen LogP contribution in [-0.2, 0) is 0 Å². The highest BCUT2D eigenvalue weighted by atomic mass is 15.2. The lowest BCUT2D eigenvalue weighted by Crippen LogP contribution is -2.50. The molecule has 0 atom stereocenters. The Morgan fingerprint density at radius 3 is 2.37 bits per heavy atom. The summed E-state index contributed by atoms with van der Waals surface area (Å²) in [5.41, 5.74) is 0.979. The maximum Gasteiger partial charge on any atom is 0.0153 e. The lowest BCUT2D eigenvalue weighted by Gasteiger charge is -2.45. The van der Waals surface area contributed by atoms with Crippen LogP contribution < -0.4 is 5.32 Å². The first-order valence-electron chi connectivity index (χ1n) is 8.43. The second-order valence-corrected chi connectivity index (χ2v) is 7.80. The van der Waals surface area contributed by atoms with Crippen LogP contribution in [0.2, 0.25) is 0 Å². The van der Waals surface area contributed by atoms with Gasteiger partial charge in [-0.25, -0.2) is 0 Å². The second-order valence-electron chi connectivity index (χ2n) is 7.80. The van der Waals surface area contributed by atoms with Gasteiger partial charge in [-0.15, -0.1) is 0 Å². The van der Waals surface area contributed by atoms with Gasteiger partial charge in [0.15, 0.2) is 0 Å². The minimum absolute atomic E-state index is 0.433. The smallest absolute Gasteiger partial charge is 0.0153 e. The summed E-state index contributed by atoms with van der Waals surface area (Å²) in [6, 6.07) is 0. The molecule has 2 fully saturated rings. The Labute approximate surface area is 120 Å². The Kier molecular flexibility index (Phi) is 4.94. The summed E-state index contributed by atoms with van der Waals surface area (Å²) < 4.78 is 0. The van der Waals surface area contributed by atoms with E-state index in [9.17, 15) is 0 Å². The van der Waals surface area contributed by atoms with E-state index in [2.05, 4.69) is 37.9 Å². The Balaban J connectivity index is 2.01. The van der Waals surface area contributed by atoms with Crippen LogP contribution in [0.1, 0.15) is 66.2 Å². The zero-order chi connectivity index (χ0) is 13.9. The van der Waals surface area contributed by atoms with Crippen LogP contribution in [-0.4, -0.2) is 36.6 Å². The molecule has 0 aromatic carbocycles. The maximum absolute atomic E-state index is 3.65. The van der Waals surface area contributed by atoms with Crippen molar-refractivity contribution >= 4 is 0 Å². The van der Waals surface area contributed by atoms with Gasteiger partial charge < -0.3 is 5.32 Å². The lowest BCUT2D eigenvalue weighted by molar-refractivity contribution is 0.0553. The molecule has 2 aliphatic rings. The van der Waals surface area contributed by atoms with Gasteiger partial charge in [0.25, 0.3) is 0 Å². The van der Waals surface area contributed by atoms with Crippen LogP contribution in [0.5, 0.6) is 0 Å². The van der Waals surface area contributed by atoms with E-state index >= 15 is 0 Å². The predicted octanol–water partition coefficient (Wildman–Crippen LogP) is 3.67. The Morgan fingerprint density at radius 2 is 1.84 bits per heavy atom. The van der Waals surface area contributed by atoms with Crippen LogP contribution >= 0.6 is 0 Å². The van der Waals surface area contributed by atoms with Gasteiger partial charge in [0.2, 0.25) is 0 Å². The molecule has 19 heavy (non-hydrogen) atoms. The first-order valence-corrected chi connectivity index (χ1v) is 8.43. The van der Waals surface area contributed by atoms with E-state index < -0.39 is 0 Å². The molecule has 1 aliphatic heterocycles. The molecule has 112 valence electrons. The summed E-state index contributed by atoms with van der Waals surface area (Å²) >= 11 is 0. The van der Waals surface area contributed by atoms with E-state index in [0.29, 0.717) is 11.0 Å². The highest BCUT2D eigenvalue weighted by Crippen LogP contribution is 2.41. The molecule has 0 aromatic heterocycles. The number of hydrogen-bond acceptors (Lipinski definition) is 2. The SMILES string of the molecule is CCNCC1(CN2CCCC2(C)C)CCC(C)CC1. The molecular weight excluding hydrogens is 232 g/mol. The predicted molar refractivity (Wildman–Crippen MR) is 83.5 cm³/mol. The number of nitrogens with zero attached hydrogens (tertiary/aromatic N) is 1. The van der Waals surface area contributed by atoms with Crippen molar-refractivity contribution in [1.29, 1.82) is 0 Å². The molecule has 0 unspecified atom stereocenters. The Morgan fingerprint density at radius 1 is 1.16 bits per heavy atom. The fourth-order valence-electron chi connectivity index (χ4n) is 4.02. The molecule has 1 aliphatic carbocycles. The maximum atomic E-state index is 3.65. The molecule has 2 nitrogen and oxygen atoms in total. The second kappa shape index (κ2) is 6.13. The van der Waals surface area contributed by atoms with Gasteiger partial charge in [-0.3, -0.25) is 4.90 Å². The van der Waals surface area contributed by atoms with Gasteiger partial charge in [0.05, 0.1) is 0 Å². The highest BCUT2D eigenvalue weighted by Gasteiger charge is 2.40. The summed E-state index contributed by atoms with van der Waals surface area (Å²) in [5.74, 6) is 0.946. The third-order valence-electron chi connectivity index (χ3n) is 5.68. The topological polar surface area (TPSA) is 15.3 Å². The summed E-state index contributed by atoms with van der Waals surface area (Å²) in [5, 5.41) is 3.65. The first kappa shape index (κ1) is 15.3. The van der Waals surface area contributed by atoms with Crippen molar-refractivity contribution in [3.05, 3.63) is 0 Å². The van der Waals surface area contributed by atoms with Crippen molar-refractivity contribution in [2.75, 3.05) is 26.2 Å². The largest absolute Gasteiger partial charge is 0.316 e. The average molecular weight is 266 g/mol. The monoisotopic (exact) mass is 266 g/mol. The van der Waals surface area contributed by atoms with Gasteiger partial charge >= 0.3 is 0 Å². The average Bonchev–Trinajstić information content (AvgIpc) is 2.70. The number of hydrogen-bond donors (Lipinski definition) is 1. The van der Waals surface area contributed by atoms with Crippen LogP contribution in [0, 0.1) is 11.3 Å². The molecule has 0 aromatic rings. The normalized spacial score (nSPS) is 35.7. The molecule has 1 N–H and O–H groups in total. The van der Waals surface area contributed by atoms with Crippen LogP contribution in [0.15, 0.2) is 0 Å². The third-order valence-corrected chi connectivity index (χ3v) is 5.68. The van der Waals surface area contributed by atoms with Gasteiger partial charge in [0, 0.05) is 18.6 Å². The van der Waals surface area contributed by atoms with Crippen LogP contribution in [0.3, 0.4) is 0 Å². The van der Waals surface area contributed by atoms with Crippen molar-refractivity contribution < 1.29 is 0 Å². The van der Waals surface area contributed by atoms with Crippen LogP contribution in [0.4, 0.5) is 0 Å². The molecule has 1 heterocycles. The Bertz CT molecular complexity index is 271. The fraction of sp³-hybridized carbons (Fsp3) is 1.00. The number of likely N-dealkylation sites (tertiary alicyclic amines) is 1. The van der Waals surface area contributed by atoms with Crippen molar-refractivity contribution in [2.45, 2.75) is 71.8 Å². The van der Waals surface area contributed by atoms with Gasteiger partial charge in [-0.1, -0.05) is 26.7 Å². The molecule has 1 saturated heterocycles. The molecule has 0 radical (unpaired) electrons. The fourth-order valence-corrected chi connectivity index (χ4v) is 4.02. The van der Waals surface area contributed by atoms with Crippen molar-refractivity contribution in [3.63, 3.8) is 0 Å². The van der Waals surface area contributed by atoms with E-state index in [0.717, 1.165) is 12.5 Å². The summed E-state index contributed by atoms with van der Waals surface area (Å²) in [6.45, 7) is 14.5. The van der Waals surface area contributed by atoms with E-state index in [4.69, 9.17) is 0 Å².